The van der Waals surface area contributed by atoms with Crippen molar-refractivity contribution in [2.24, 2.45) is 0 Å². The Bertz CT molecular complexity index is 1360. The summed E-state index contributed by atoms with van der Waals surface area (Å²) in [4.78, 5) is 33.6. The van der Waals surface area contributed by atoms with E-state index in [0.29, 0.717) is 30.9 Å². The second kappa shape index (κ2) is 12.3. The summed E-state index contributed by atoms with van der Waals surface area (Å²) in [6.07, 6.45) is 2.73. The van der Waals surface area contributed by atoms with Crippen molar-refractivity contribution in [3.05, 3.63) is 95.7 Å². The number of fused-ring (bicyclic) bond motifs is 1. The summed E-state index contributed by atoms with van der Waals surface area (Å²) in [5.74, 6) is 0.616. The molecule has 0 saturated heterocycles. The first-order valence-electron chi connectivity index (χ1n) is 12.9. The van der Waals surface area contributed by atoms with Gasteiger partial charge in [-0.05, 0) is 68.7 Å². The number of carbonyl (C=O) groups excluding carboxylic acids is 2. The maximum atomic E-state index is 13.7. The minimum absolute atomic E-state index is 0.0145. The molecule has 1 aromatic heterocycles. The van der Waals surface area contributed by atoms with Crippen LogP contribution < -0.4 is 10.1 Å². The van der Waals surface area contributed by atoms with E-state index in [1.54, 1.807) is 36.3 Å². The number of nitrogens with zero attached hydrogens (tertiary/aromatic N) is 2. The number of para-hydroxylation sites is 1. The monoisotopic (exact) mass is 512 g/mol. The summed E-state index contributed by atoms with van der Waals surface area (Å²) in [6, 6.07) is 23.1. The summed E-state index contributed by atoms with van der Waals surface area (Å²) >= 11 is 0. The summed E-state index contributed by atoms with van der Waals surface area (Å²) in [5.41, 5.74) is 5.12. The number of methoxy groups -OCH3 is 1. The van der Waals surface area contributed by atoms with Crippen LogP contribution in [0.15, 0.2) is 79.0 Å². The molecule has 7 nitrogen and oxygen atoms in total. The Morgan fingerprint density at radius 2 is 1.68 bits per heavy atom. The number of H-pyrrole nitrogens is 1. The lowest BCUT2D eigenvalue weighted by Crippen LogP contribution is -2.47. The number of urea groups is 1. The molecule has 0 bridgehead atoms. The van der Waals surface area contributed by atoms with Crippen LogP contribution >= 0.6 is 0 Å². The summed E-state index contributed by atoms with van der Waals surface area (Å²) < 4.78 is 5.19. The zero-order valence-electron chi connectivity index (χ0n) is 22.5. The van der Waals surface area contributed by atoms with Crippen LogP contribution in [0.3, 0.4) is 0 Å². The van der Waals surface area contributed by atoms with E-state index in [1.165, 1.54) is 11.1 Å². The van der Waals surface area contributed by atoms with Gasteiger partial charge in [0.2, 0.25) is 5.91 Å². The Hall–Kier alpha value is -4.26. The van der Waals surface area contributed by atoms with Crippen molar-refractivity contribution in [1.82, 2.24) is 14.8 Å². The topological polar surface area (TPSA) is 77.7 Å². The predicted molar refractivity (Wildman–Crippen MR) is 152 cm³/mol. The molecule has 0 spiro atoms. The molecule has 7 heteroatoms. The predicted octanol–water partition coefficient (Wildman–Crippen LogP) is 6.00. The Kier molecular flexibility index (Phi) is 8.69. The fourth-order valence-electron chi connectivity index (χ4n) is 4.40. The maximum Gasteiger partial charge on any atom is 0.322 e. The van der Waals surface area contributed by atoms with Crippen LogP contribution in [0.1, 0.15) is 30.5 Å². The largest absolute Gasteiger partial charge is 0.497 e. The number of carbonyl (C=O) groups is 2. The highest BCUT2D eigenvalue weighted by molar-refractivity contribution is 5.92. The molecule has 2 N–H and O–H groups in total. The number of amides is 3. The molecule has 0 aliphatic heterocycles. The molecule has 38 heavy (non-hydrogen) atoms. The standard InChI is InChI=1S/C31H36N4O3/c1-22(2)35(31(37)33-26-13-15-27(38-4)16-14-26)21-30(36)34(20-24-11-9-23(3)10-12-24)18-17-25-19-32-29-8-6-5-7-28(25)29/h5-16,19,22,32H,17-18,20-21H2,1-4H3,(H,33,37). The van der Waals surface area contributed by atoms with E-state index in [4.69, 9.17) is 4.74 Å². The first-order chi connectivity index (χ1) is 18.3. The van der Waals surface area contributed by atoms with Gasteiger partial charge in [0, 0.05) is 41.9 Å². The van der Waals surface area contributed by atoms with Gasteiger partial charge < -0.3 is 24.8 Å². The number of rotatable bonds is 10. The van der Waals surface area contributed by atoms with Gasteiger partial charge in [-0.2, -0.15) is 0 Å². The molecule has 1 heterocycles. The third-order valence-electron chi connectivity index (χ3n) is 6.70. The molecule has 0 unspecified atom stereocenters. The summed E-state index contributed by atoms with van der Waals surface area (Å²) in [7, 11) is 1.60. The van der Waals surface area contributed by atoms with E-state index in [1.807, 2.05) is 44.0 Å². The van der Waals surface area contributed by atoms with E-state index < -0.39 is 0 Å². The van der Waals surface area contributed by atoms with Crippen molar-refractivity contribution in [2.75, 3.05) is 25.5 Å². The Balaban J connectivity index is 1.49. The van der Waals surface area contributed by atoms with Crippen LogP contribution in [0, 0.1) is 6.92 Å². The lowest BCUT2D eigenvalue weighted by atomic mass is 10.1. The van der Waals surface area contributed by atoms with Gasteiger partial charge in [-0.25, -0.2) is 4.79 Å². The Morgan fingerprint density at radius 3 is 2.37 bits per heavy atom. The second-order valence-corrected chi connectivity index (χ2v) is 9.79. The fourth-order valence-corrected chi connectivity index (χ4v) is 4.40. The molecule has 0 aliphatic rings. The normalized spacial score (nSPS) is 11.0. The number of aryl methyl sites for hydroxylation is 1. The first-order valence-corrected chi connectivity index (χ1v) is 12.9. The molecular weight excluding hydrogens is 476 g/mol. The van der Waals surface area contributed by atoms with Gasteiger partial charge in [0.15, 0.2) is 0 Å². The Morgan fingerprint density at radius 1 is 0.974 bits per heavy atom. The van der Waals surface area contributed by atoms with Crippen LogP contribution in [0.5, 0.6) is 5.75 Å². The van der Waals surface area contributed by atoms with Crippen LogP contribution in [0.2, 0.25) is 0 Å². The quantitative estimate of drug-likeness (QED) is 0.274. The van der Waals surface area contributed by atoms with Crippen LogP contribution in [0.25, 0.3) is 10.9 Å². The van der Waals surface area contributed by atoms with E-state index in [2.05, 4.69) is 46.7 Å². The number of anilines is 1. The number of aromatic nitrogens is 1. The number of aromatic amines is 1. The van der Waals surface area contributed by atoms with E-state index in [9.17, 15) is 9.59 Å². The molecule has 4 rings (SSSR count). The molecule has 0 radical (unpaired) electrons. The van der Waals surface area contributed by atoms with E-state index in [0.717, 1.165) is 16.5 Å². The molecule has 3 aromatic carbocycles. The van der Waals surface area contributed by atoms with Crippen LogP contribution in [-0.2, 0) is 17.8 Å². The van der Waals surface area contributed by atoms with Crippen molar-refractivity contribution in [3.63, 3.8) is 0 Å². The molecule has 198 valence electrons. The Labute approximate surface area is 224 Å². The van der Waals surface area contributed by atoms with Crippen molar-refractivity contribution in [3.8, 4) is 5.75 Å². The maximum absolute atomic E-state index is 13.7. The van der Waals surface area contributed by atoms with Crippen LogP contribution in [-0.4, -0.2) is 53.0 Å². The van der Waals surface area contributed by atoms with E-state index >= 15 is 0 Å². The molecular formula is C31H36N4O3. The molecule has 0 fully saturated rings. The van der Waals surface area contributed by atoms with Crippen LogP contribution in [0.4, 0.5) is 10.5 Å². The molecule has 0 saturated carbocycles. The molecule has 0 aliphatic carbocycles. The van der Waals surface area contributed by atoms with Crippen molar-refractivity contribution < 1.29 is 14.3 Å². The van der Waals surface area contributed by atoms with Gasteiger partial charge in [0.25, 0.3) is 0 Å². The second-order valence-electron chi connectivity index (χ2n) is 9.79. The minimum atomic E-state index is -0.314. The highest BCUT2D eigenvalue weighted by Crippen LogP contribution is 2.20. The average molecular weight is 513 g/mol. The lowest BCUT2D eigenvalue weighted by Gasteiger charge is -2.30. The highest BCUT2D eigenvalue weighted by atomic mass is 16.5. The number of benzene rings is 3. The fraction of sp³-hybridized carbons (Fsp3) is 0.290. The number of nitrogens with one attached hydrogen (secondary N) is 2. The highest BCUT2D eigenvalue weighted by Gasteiger charge is 2.24. The smallest absolute Gasteiger partial charge is 0.322 e. The number of hydrogen-bond donors (Lipinski definition) is 2. The van der Waals surface area contributed by atoms with Gasteiger partial charge in [0.1, 0.15) is 12.3 Å². The van der Waals surface area contributed by atoms with Gasteiger partial charge >= 0.3 is 6.03 Å². The van der Waals surface area contributed by atoms with Crippen molar-refractivity contribution in [2.45, 2.75) is 39.8 Å². The number of ether oxygens (including phenoxy) is 1. The molecule has 3 amide bonds. The zero-order valence-corrected chi connectivity index (χ0v) is 22.5. The summed E-state index contributed by atoms with van der Waals surface area (Å²) in [6.45, 7) is 6.88. The SMILES string of the molecule is COc1ccc(NC(=O)N(CC(=O)N(CCc2c[nH]c3ccccc23)Cc2ccc(C)cc2)C(C)C)cc1. The zero-order chi connectivity index (χ0) is 27.1. The number of hydrogen-bond acceptors (Lipinski definition) is 3. The van der Waals surface area contributed by atoms with Gasteiger partial charge in [-0.3, -0.25) is 4.79 Å². The average Bonchev–Trinajstić information content (AvgIpc) is 3.34. The molecule has 0 atom stereocenters. The lowest BCUT2D eigenvalue weighted by molar-refractivity contribution is -0.132. The van der Waals surface area contributed by atoms with Crippen molar-refractivity contribution in [1.29, 1.82) is 0 Å². The van der Waals surface area contributed by atoms with Gasteiger partial charge in [-0.1, -0.05) is 48.0 Å². The first kappa shape index (κ1) is 26.8. The van der Waals surface area contributed by atoms with Gasteiger partial charge in [0.05, 0.1) is 7.11 Å². The third kappa shape index (κ3) is 6.73. The van der Waals surface area contributed by atoms with E-state index in [-0.39, 0.29) is 24.5 Å². The molecule has 4 aromatic rings. The summed E-state index contributed by atoms with van der Waals surface area (Å²) in [5, 5.41) is 4.07. The van der Waals surface area contributed by atoms with Gasteiger partial charge in [-0.15, -0.1) is 0 Å². The minimum Gasteiger partial charge on any atom is -0.497 e. The third-order valence-corrected chi connectivity index (χ3v) is 6.70. The van der Waals surface area contributed by atoms with Crippen molar-refractivity contribution >= 4 is 28.5 Å².